The summed E-state index contributed by atoms with van der Waals surface area (Å²) in [4.78, 5) is 52.5. The average Bonchev–Trinajstić information content (AvgIpc) is 2.64. The van der Waals surface area contributed by atoms with Crippen molar-refractivity contribution in [1.82, 2.24) is 14.5 Å². The highest BCUT2D eigenvalue weighted by molar-refractivity contribution is 6.31. The maximum Gasteiger partial charge on any atom is 0.328 e. The zero-order valence-corrected chi connectivity index (χ0v) is 15.5. The SMILES string of the molecule is NC(=O)C1CCN(C(=O)CCCn2c(=O)[nH]c3cc(Cl)ccc3c2=O)CC1. The number of nitrogens with two attached hydrogens (primary N) is 1. The van der Waals surface area contributed by atoms with Gasteiger partial charge in [0.05, 0.1) is 10.9 Å². The third-order valence-corrected chi connectivity index (χ3v) is 5.20. The van der Waals surface area contributed by atoms with Crippen molar-refractivity contribution in [3.05, 3.63) is 44.1 Å². The third kappa shape index (κ3) is 4.21. The molecule has 144 valence electrons. The number of likely N-dealkylation sites (tertiary alicyclic amines) is 1. The van der Waals surface area contributed by atoms with Crippen LogP contribution < -0.4 is 17.0 Å². The van der Waals surface area contributed by atoms with Crippen LogP contribution in [0.2, 0.25) is 5.02 Å². The first kappa shape index (κ1) is 19.2. The van der Waals surface area contributed by atoms with Crippen molar-refractivity contribution in [3.63, 3.8) is 0 Å². The van der Waals surface area contributed by atoms with Crippen LogP contribution in [-0.4, -0.2) is 39.4 Å². The maximum atomic E-state index is 12.5. The number of nitrogens with one attached hydrogen (secondary N) is 1. The minimum Gasteiger partial charge on any atom is -0.369 e. The Morgan fingerprint density at radius 1 is 1.22 bits per heavy atom. The molecule has 1 aromatic heterocycles. The molecule has 9 heteroatoms. The van der Waals surface area contributed by atoms with Gasteiger partial charge in [0.25, 0.3) is 5.56 Å². The fourth-order valence-electron chi connectivity index (χ4n) is 3.39. The molecule has 0 saturated carbocycles. The molecule has 0 unspecified atom stereocenters. The normalized spacial score (nSPS) is 15.2. The number of amides is 2. The van der Waals surface area contributed by atoms with E-state index in [0.29, 0.717) is 48.3 Å². The van der Waals surface area contributed by atoms with Crippen LogP contribution in [-0.2, 0) is 16.1 Å². The number of piperidine rings is 1. The Morgan fingerprint density at radius 2 is 1.93 bits per heavy atom. The van der Waals surface area contributed by atoms with Gasteiger partial charge < -0.3 is 15.6 Å². The van der Waals surface area contributed by atoms with Gasteiger partial charge >= 0.3 is 5.69 Å². The van der Waals surface area contributed by atoms with E-state index in [1.807, 2.05) is 0 Å². The Bertz CT molecular complexity index is 989. The minimum atomic E-state index is -0.524. The standard InChI is InChI=1S/C18H21ClN4O4/c19-12-3-4-13-14(10-12)21-18(27)23(17(13)26)7-1-2-15(24)22-8-5-11(6-9-22)16(20)25/h3-4,10-11H,1-2,5-9H2,(H2,20,25)(H,21,27). The highest BCUT2D eigenvalue weighted by Gasteiger charge is 2.25. The van der Waals surface area contributed by atoms with Crippen LogP contribution in [0.25, 0.3) is 10.9 Å². The van der Waals surface area contributed by atoms with Crippen LogP contribution in [0.5, 0.6) is 0 Å². The Morgan fingerprint density at radius 3 is 2.59 bits per heavy atom. The molecule has 1 fully saturated rings. The zero-order chi connectivity index (χ0) is 19.6. The zero-order valence-electron chi connectivity index (χ0n) is 14.7. The van der Waals surface area contributed by atoms with Crippen LogP contribution >= 0.6 is 11.6 Å². The van der Waals surface area contributed by atoms with Crippen molar-refractivity contribution in [2.24, 2.45) is 11.7 Å². The van der Waals surface area contributed by atoms with Crippen molar-refractivity contribution in [3.8, 4) is 0 Å². The number of fused-ring (bicyclic) bond motifs is 1. The largest absolute Gasteiger partial charge is 0.369 e. The molecule has 0 spiro atoms. The minimum absolute atomic E-state index is 0.0463. The molecule has 0 bridgehead atoms. The lowest BCUT2D eigenvalue weighted by Crippen LogP contribution is -2.42. The number of carbonyl (C=O) groups excluding carboxylic acids is 2. The molecule has 8 nitrogen and oxygen atoms in total. The van der Waals surface area contributed by atoms with E-state index in [1.165, 1.54) is 6.07 Å². The first-order chi connectivity index (χ1) is 12.9. The molecule has 1 aromatic carbocycles. The highest BCUT2D eigenvalue weighted by Crippen LogP contribution is 2.17. The number of hydrogen-bond donors (Lipinski definition) is 2. The van der Waals surface area contributed by atoms with Gasteiger partial charge in [-0.1, -0.05) is 11.6 Å². The van der Waals surface area contributed by atoms with E-state index in [1.54, 1.807) is 17.0 Å². The smallest absolute Gasteiger partial charge is 0.328 e. The lowest BCUT2D eigenvalue weighted by Gasteiger charge is -2.30. The lowest BCUT2D eigenvalue weighted by atomic mass is 9.96. The molecule has 2 heterocycles. The fourth-order valence-corrected chi connectivity index (χ4v) is 3.56. The van der Waals surface area contributed by atoms with Crippen LogP contribution in [0.1, 0.15) is 25.7 Å². The number of hydrogen-bond acceptors (Lipinski definition) is 4. The fraction of sp³-hybridized carbons (Fsp3) is 0.444. The van der Waals surface area contributed by atoms with E-state index in [-0.39, 0.29) is 30.7 Å². The number of carbonyl (C=O) groups is 2. The summed E-state index contributed by atoms with van der Waals surface area (Å²) in [6.07, 6.45) is 1.75. The van der Waals surface area contributed by atoms with Crippen LogP contribution in [0, 0.1) is 5.92 Å². The summed E-state index contributed by atoms with van der Waals surface area (Å²) in [5.41, 5.74) is 4.76. The Balaban J connectivity index is 1.62. The van der Waals surface area contributed by atoms with Crippen LogP contribution in [0.15, 0.2) is 27.8 Å². The average molecular weight is 393 g/mol. The van der Waals surface area contributed by atoms with Gasteiger partial charge in [0.2, 0.25) is 11.8 Å². The summed E-state index contributed by atoms with van der Waals surface area (Å²) >= 11 is 5.88. The van der Waals surface area contributed by atoms with Crippen molar-refractivity contribution >= 4 is 34.3 Å². The molecular weight excluding hydrogens is 372 g/mol. The predicted octanol–water partition coefficient (Wildman–Crippen LogP) is 0.847. The molecule has 27 heavy (non-hydrogen) atoms. The molecule has 2 amide bonds. The van der Waals surface area contributed by atoms with E-state index >= 15 is 0 Å². The van der Waals surface area contributed by atoms with Gasteiger partial charge in [0.15, 0.2) is 0 Å². The Labute approximate surface area is 159 Å². The molecular formula is C18H21ClN4O4. The number of halogens is 1. The van der Waals surface area contributed by atoms with Crippen molar-refractivity contribution < 1.29 is 9.59 Å². The number of nitrogens with zero attached hydrogens (tertiary/aromatic N) is 2. The summed E-state index contributed by atoms with van der Waals surface area (Å²) in [6.45, 7) is 1.16. The van der Waals surface area contributed by atoms with E-state index in [2.05, 4.69) is 4.98 Å². The number of aromatic nitrogens is 2. The van der Waals surface area contributed by atoms with Gasteiger partial charge in [-0.15, -0.1) is 0 Å². The number of rotatable bonds is 5. The van der Waals surface area contributed by atoms with Gasteiger partial charge in [0.1, 0.15) is 0 Å². The summed E-state index contributed by atoms with van der Waals surface area (Å²) in [6, 6.07) is 4.69. The topological polar surface area (TPSA) is 118 Å². The molecule has 3 rings (SSSR count). The molecule has 0 aliphatic carbocycles. The quantitative estimate of drug-likeness (QED) is 0.783. The predicted molar refractivity (Wildman–Crippen MR) is 102 cm³/mol. The molecule has 3 N–H and O–H groups in total. The number of H-pyrrole nitrogens is 1. The first-order valence-electron chi connectivity index (χ1n) is 8.86. The Hall–Kier alpha value is -2.61. The van der Waals surface area contributed by atoms with Gasteiger partial charge in [-0.3, -0.25) is 19.0 Å². The van der Waals surface area contributed by atoms with E-state index in [0.717, 1.165) is 4.57 Å². The van der Waals surface area contributed by atoms with Gasteiger partial charge in [-0.2, -0.15) is 0 Å². The lowest BCUT2D eigenvalue weighted by molar-refractivity contribution is -0.135. The summed E-state index contributed by atoms with van der Waals surface area (Å²) in [5, 5.41) is 0.805. The van der Waals surface area contributed by atoms with Gasteiger partial charge in [-0.05, 0) is 37.5 Å². The summed E-state index contributed by atoms with van der Waals surface area (Å²) < 4.78 is 1.10. The Kier molecular flexibility index (Phi) is 5.65. The third-order valence-electron chi connectivity index (χ3n) is 4.97. The second-order valence-electron chi connectivity index (χ2n) is 6.74. The maximum absolute atomic E-state index is 12.5. The van der Waals surface area contributed by atoms with Crippen molar-refractivity contribution in [2.45, 2.75) is 32.2 Å². The first-order valence-corrected chi connectivity index (χ1v) is 9.24. The van der Waals surface area contributed by atoms with E-state index in [4.69, 9.17) is 17.3 Å². The molecule has 1 aliphatic heterocycles. The summed E-state index contributed by atoms with van der Waals surface area (Å²) in [5.74, 6) is -0.537. The van der Waals surface area contributed by atoms with Crippen LogP contribution in [0.3, 0.4) is 0 Å². The number of primary amides is 1. The molecule has 1 saturated heterocycles. The monoisotopic (exact) mass is 392 g/mol. The number of aromatic amines is 1. The van der Waals surface area contributed by atoms with Crippen molar-refractivity contribution in [2.75, 3.05) is 13.1 Å². The van der Waals surface area contributed by atoms with Crippen LogP contribution in [0.4, 0.5) is 0 Å². The highest BCUT2D eigenvalue weighted by atomic mass is 35.5. The second kappa shape index (κ2) is 7.96. The van der Waals surface area contributed by atoms with E-state index < -0.39 is 11.2 Å². The van der Waals surface area contributed by atoms with E-state index in [9.17, 15) is 19.2 Å². The number of benzene rings is 1. The van der Waals surface area contributed by atoms with Gasteiger partial charge in [0, 0.05) is 37.0 Å². The van der Waals surface area contributed by atoms with Gasteiger partial charge in [-0.25, -0.2) is 4.79 Å². The molecule has 2 aromatic rings. The molecule has 0 radical (unpaired) electrons. The molecule has 0 atom stereocenters. The molecule has 1 aliphatic rings. The van der Waals surface area contributed by atoms with Crippen molar-refractivity contribution in [1.29, 1.82) is 0 Å². The second-order valence-corrected chi connectivity index (χ2v) is 7.17. The summed E-state index contributed by atoms with van der Waals surface area (Å²) in [7, 11) is 0.